The molecule has 10 nitrogen and oxygen atoms in total. The van der Waals surface area contributed by atoms with Crippen LogP contribution in [0.25, 0.3) is 21.4 Å². The summed E-state index contributed by atoms with van der Waals surface area (Å²) in [5.74, 6) is 0.349. The first-order chi connectivity index (χ1) is 13.4. The maximum absolute atomic E-state index is 12.5. The Balaban J connectivity index is 1.62. The summed E-state index contributed by atoms with van der Waals surface area (Å²) in [4.78, 5) is 45.4. The molecule has 0 aliphatic rings. The lowest BCUT2D eigenvalue weighted by molar-refractivity contribution is -0.116. The Morgan fingerprint density at radius 1 is 1.25 bits per heavy atom. The minimum atomic E-state index is -0.504. The van der Waals surface area contributed by atoms with Gasteiger partial charge in [-0.3, -0.25) is 18.7 Å². The van der Waals surface area contributed by atoms with E-state index in [2.05, 4.69) is 15.3 Å². The first kappa shape index (κ1) is 17.9. The summed E-state index contributed by atoms with van der Waals surface area (Å²) in [5.41, 5.74) is 0.187. The zero-order valence-corrected chi connectivity index (χ0v) is 16.1. The highest BCUT2D eigenvalue weighted by Crippen LogP contribution is 2.29. The highest BCUT2D eigenvalue weighted by Gasteiger charge is 2.16. The van der Waals surface area contributed by atoms with Gasteiger partial charge in [-0.05, 0) is 18.2 Å². The van der Waals surface area contributed by atoms with Crippen molar-refractivity contribution in [3.8, 4) is 5.75 Å². The Labute approximate surface area is 161 Å². The number of aromatic nitrogens is 5. The zero-order chi connectivity index (χ0) is 20.0. The second kappa shape index (κ2) is 6.60. The minimum absolute atomic E-state index is 0.136. The molecular weight excluding hydrogens is 384 g/mol. The lowest BCUT2D eigenvalue weighted by atomic mass is 10.3. The van der Waals surface area contributed by atoms with Gasteiger partial charge in [0.1, 0.15) is 12.3 Å². The predicted octanol–water partition coefficient (Wildman–Crippen LogP) is 0.691. The Morgan fingerprint density at radius 3 is 2.79 bits per heavy atom. The van der Waals surface area contributed by atoms with Gasteiger partial charge in [-0.2, -0.15) is 0 Å². The molecule has 0 spiro atoms. The van der Waals surface area contributed by atoms with Gasteiger partial charge in [0, 0.05) is 14.1 Å². The van der Waals surface area contributed by atoms with Crippen molar-refractivity contribution in [1.29, 1.82) is 0 Å². The number of carbonyl (C=O) groups is 1. The lowest BCUT2D eigenvalue weighted by Gasteiger charge is -2.06. The number of aryl methyl sites for hydroxylation is 1. The molecule has 0 aliphatic heterocycles. The molecule has 0 saturated carbocycles. The third-order valence-electron chi connectivity index (χ3n) is 4.37. The predicted molar refractivity (Wildman–Crippen MR) is 105 cm³/mol. The third-order valence-corrected chi connectivity index (χ3v) is 5.31. The number of nitrogens with one attached hydrogen (secondary N) is 1. The fourth-order valence-corrected chi connectivity index (χ4v) is 3.83. The molecule has 3 heterocycles. The molecule has 0 fully saturated rings. The summed E-state index contributed by atoms with van der Waals surface area (Å²) >= 11 is 1.32. The largest absolute Gasteiger partial charge is 0.497 e. The SMILES string of the molecule is COc1ccc2nc(NC(=O)Cn3cnc4c3c(=O)n(C)c(=O)n4C)sc2c1. The van der Waals surface area contributed by atoms with Crippen LogP contribution in [0.3, 0.4) is 0 Å². The maximum Gasteiger partial charge on any atom is 0.332 e. The van der Waals surface area contributed by atoms with Gasteiger partial charge in [0.2, 0.25) is 5.91 Å². The van der Waals surface area contributed by atoms with Crippen LogP contribution < -0.4 is 21.3 Å². The highest BCUT2D eigenvalue weighted by molar-refractivity contribution is 7.22. The number of hydrogen-bond acceptors (Lipinski definition) is 7. The Hall–Kier alpha value is -3.47. The molecule has 0 aliphatic carbocycles. The van der Waals surface area contributed by atoms with Crippen LogP contribution in [0.5, 0.6) is 5.75 Å². The molecule has 0 saturated heterocycles. The number of carbonyl (C=O) groups excluding carboxylic acids is 1. The van der Waals surface area contributed by atoms with Crippen LogP contribution in [0.15, 0.2) is 34.1 Å². The number of imidazole rings is 1. The Morgan fingerprint density at radius 2 is 2.04 bits per heavy atom. The summed E-state index contributed by atoms with van der Waals surface area (Å²) in [7, 11) is 4.49. The molecular formula is C17H16N6O4S. The number of nitrogens with zero attached hydrogens (tertiary/aromatic N) is 5. The van der Waals surface area contributed by atoms with E-state index in [0.717, 1.165) is 14.8 Å². The smallest absolute Gasteiger partial charge is 0.332 e. The van der Waals surface area contributed by atoms with Gasteiger partial charge in [-0.25, -0.2) is 14.8 Å². The van der Waals surface area contributed by atoms with Crippen molar-refractivity contribution < 1.29 is 9.53 Å². The Bertz CT molecular complexity index is 1350. The van der Waals surface area contributed by atoms with E-state index < -0.39 is 11.2 Å². The van der Waals surface area contributed by atoms with Gasteiger partial charge in [-0.15, -0.1) is 0 Å². The van der Waals surface area contributed by atoms with Crippen molar-refractivity contribution >= 4 is 43.8 Å². The molecule has 0 atom stereocenters. The van der Waals surface area contributed by atoms with Crippen molar-refractivity contribution in [2.24, 2.45) is 14.1 Å². The summed E-state index contributed by atoms with van der Waals surface area (Å²) in [6.07, 6.45) is 1.37. The molecule has 11 heteroatoms. The van der Waals surface area contributed by atoms with E-state index in [1.807, 2.05) is 12.1 Å². The normalized spacial score (nSPS) is 11.2. The standard InChI is InChI=1S/C17H16N6O4S/c1-21-14-13(15(25)22(2)17(21)26)23(8-18-14)7-12(24)20-16-19-10-5-4-9(27-3)6-11(10)28-16/h4-6,8H,7H2,1-3H3,(H,19,20,24). The average Bonchev–Trinajstić information content (AvgIpc) is 3.27. The number of hydrogen-bond donors (Lipinski definition) is 1. The van der Waals surface area contributed by atoms with E-state index in [-0.39, 0.29) is 23.6 Å². The van der Waals surface area contributed by atoms with Gasteiger partial charge in [0.25, 0.3) is 5.56 Å². The molecule has 28 heavy (non-hydrogen) atoms. The third kappa shape index (κ3) is 2.85. The molecule has 1 aromatic carbocycles. The number of thiazole rings is 1. The molecule has 4 aromatic rings. The molecule has 4 rings (SSSR count). The van der Waals surface area contributed by atoms with Crippen LogP contribution in [0.1, 0.15) is 0 Å². The van der Waals surface area contributed by atoms with Crippen LogP contribution in [-0.2, 0) is 25.4 Å². The number of amides is 1. The van der Waals surface area contributed by atoms with Gasteiger partial charge in [0.05, 0.1) is 23.7 Å². The quantitative estimate of drug-likeness (QED) is 0.539. The van der Waals surface area contributed by atoms with Crippen LogP contribution in [0, 0.1) is 0 Å². The lowest BCUT2D eigenvalue weighted by Crippen LogP contribution is -2.37. The maximum atomic E-state index is 12.5. The van der Waals surface area contributed by atoms with E-state index in [0.29, 0.717) is 10.9 Å². The van der Waals surface area contributed by atoms with Crippen LogP contribution in [-0.4, -0.2) is 36.7 Å². The van der Waals surface area contributed by atoms with Gasteiger partial charge >= 0.3 is 5.69 Å². The topological polar surface area (TPSA) is 113 Å². The highest BCUT2D eigenvalue weighted by atomic mass is 32.1. The summed E-state index contributed by atoms with van der Waals surface area (Å²) in [6, 6.07) is 5.45. The summed E-state index contributed by atoms with van der Waals surface area (Å²) in [6.45, 7) is -0.136. The van der Waals surface area contributed by atoms with Crippen molar-refractivity contribution in [2.45, 2.75) is 6.54 Å². The zero-order valence-electron chi connectivity index (χ0n) is 15.3. The van der Waals surface area contributed by atoms with E-state index in [1.165, 1.54) is 40.9 Å². The van der Waals surface area contributed by atoms with Crippen molar-refractivity contribution in [2.75, 3.05) is 12.4 Å². The van der Waals surface area contributed by atoms with Crippen molar-refractivity contribution in [3.05, 3.63) is 45.4 Å². The molecule has 1 N–H and O–H groups in total. The molecule has 144 valence electrons. The van der Waals surface area contributed by atoms with E-state index in [9.17, 15) is 14.4 Å². The number of benzene rings is 1. The summed E-state index contributed by atoms with van der Waals surface area (Å²) in [5, 5.41) is 3.18. The van der Waals surface area contributed by atoms with E-state index in [4.69, 9.17) is 4.74 Å². The fourth-order valence-electron chi connectivity index (χ4n) is 2.92. The number of anilines is 1. The molecule has 0 radical (unpaired) electrons. The molecule has 1 amide bonds. The molecule has 3 aromatic heterocycles. The monoisotopic (exact) mass is 400 g/mol. The number of ether oxygens (including phenoxy) is 1. The van der Waals surface area contributed by atoms with Gasteiger partial charge in [-0.1, -0.05) is 11.3 Å². The molecule has 0 bridgehead atoms. The van der Waals surface area contributed by atoms with Crippen LogP contribution >= 0.6 is 11.3 Å². The van der Waals surface area contributed by atoms with Crippen LogP contribution in [0.4, 0.5) is 5.13 Å². The molecule has 0 unspecified atom stereocenters. The van der Waals surface area contributed by atoms with E-state index in [1.54, 1.807) is 13.2 Å². The van der Waals surface area contributed by atoms with Gasteiger partial charge in [0.15, 0.2) is 16.3 Å². The number of methoxy groups -OCH3 is 1. The van der Waals surface area contributed by atoms with Crippen molar-refractivity contribution in [3.63, 3.8) is 0 Å². The Kier molecular flexibility index (Phi) is 4.23. The first-order valence-electron chi connectivity index (χ1n) is 8.24. The fraction of sp³-hybridized carbons (Fsp3) is 0.235. The second-order valence-corrected chi connectivity index (χ2v) is 7.18. The average molecular weight is 400 g/mol. The number of rotatable bonds is 4. The second-order valence-electron chi connectivity index (χ2n) is 6.15. The first-order valence-corrected chi connectivity index (χ1v) is 9.06. The summed E-state index contributed by atoms with van der Waals surface area (Å²) < 4.78 is 9.74. The van der Waals surface area contributed by atoms with Crippen molar-refractivity contribution in [1.82, 2.24) is 23.7 Å². The minimum Gasteiger partial charge on any atom is -0.497 e. The number of fused-ring (bicyclic) bond motifs is 2. The van der Waals surface area contributed by atoms with E-state index >= 15 is 0 Å². The van der Waals surface area contributed by atoms with Gasteiger partial charge < -0.3 is 14.6 Å². The van der Waals surface area contributed by atoms with Crippen LogP contribution in [0.2, 0.25) is 0 Å².